The molecule has 1 saturated heterocycles. The summed E-state index contributed by atoms with van der Waals surface area (Å²) >= 11 is 0. The van der Waals surface area contributed by atoms with E-state index in [1.807, 2.05) is 0 Å². The van der Waals surface area contributed by atoms with Crippen LogP contribution in [0.1, 0.15) is 5.76 Å². The third-order valence-corrected chi connectivity index (χ3v) is 2.60. The summed E-state index contributed by atoms with van der Waals surface area (Å²) in [4.78, 5) is 23.1. The Morgan fingerprint density at radius 1 is 1.65 bits per heavy atom. The number of aliphatic carboxylic acids is 1. The molecule has 6 nitrogen and oxygen atoms in total. The molecule has 90 valence electrons. The van der Waals surface area contributed by atoms with Crippen LogP contribution in [0.5, 0.6) is 0 Å². The average molecular weight is 236 g/mol. The molecule has 1 aromatic heterocycles. The molecule has 17 heavy (non-hydrogen) atoms. The van der Waals surface area contributed by atoms with Gasteiger partial charge in [-0.3, -0.25) is 9.59 Å². The van der Waals surface area contributed by atoms with Crippen molar-refractivity contribution >= 4 is 18.0 Å². The third-order valence-electron chi connectivity index (χ3n) is 2.60. The molecule has 0 aromatic carbocycles. The number of nitrogens with zero attached hydrogens (tertiary/aromatic N) is 1. The highest BCUT2D eigenvalue weighted by molar-refractivity contribution is 5.92. The smallest absolute Gasteiger partial charge is 0.323 e. The van der Waals surface area contributed by atoms with Crippen molar-refractivity contribution in [2.75, 3.05) is 6.54 Å². The minimum atomic E-state index is -1.05. The van der Waals surface area contributed by atoms with Gasteiger partial charge in [-0.25, -0.2) is 0 Å². The number of hydrogen-bond acceptors (Lipinski definition) is 4. The molecule has 3 N–H and O–H groups in total. The van der Waals surface area contributed by atoms with Gasteiger partial charge in [-0.1, -0.05) is 6.08 Å². The van der Waals surface area contributed by atoms with Crippen molar-refractivity contribution in [3.8, 4) is 0 Å². The Balaban J connectivity index is 2.04. The van der Waals surface area contributed by atoms with E-state index in [1.165, 1.54) is 11.2 Å². The van der Waals surface area contributed by atoms with Crippen LogP contribution in [0, 0.1) is 0 Å². The Kier molecular flexibility index (Phi) is 2.97. The van der Waals surface area contributed by atoms with Gasteiger partial charge in [0.1, 0.15) is 18.3 Å². The summed E-state index contributed by atoms with van der Waals surface area (Å²) in [7, 11) is 0. The van der Waals surface area contributed by atoms with Gasteiger partial charge in [-0.05, 0) is 18.2 Å². The van der Waals surface area contributed by atoms with Crippen LogP contribution in [-0.4, -0.2) is 40.5 Å². The quantitative estimate of drug-likeness (QED) is 0.712. The van der Waals surface area contributed by atoms with Gasteiger partial charge in [0.05, 0.1) is 12.3 Å². The van der Waals surface area contributed by atoms with Crippen LogP contribution in [0.3, 0.4) is 0 Å². The number of likely N-dealkylation sites (tertiary alicyclic amines) is 1. The van der Waals surface area contributed by atoms with E-state index in [0.29, 0.717) is 5.76 Å². The molecule has 0 bridgehead atoms. The summed E-state index contributed by atoms with van der Waals surface area (Å²) in [6, 6.07) is 2.44. The monoisotopic (exact) mass is 236 g/mol. The highest BCUT2D eigenvalue weighted by Gasteiger charge is 2.43. The van der Waals surface area contributed by atoms with Gasteiger partial charge in [0.15, 0.2) is 0 Å². The maximum atomic E-state index is 11.3. The summed E-state index contributed by atoms with van der Waals surface area (Å²) in [6.07, 6.45) is 4.88. The average Bonchev–Trinajstić information content (AvgIpc) is 2.80. The summed E-state index contributed by atoms with van der Waals surface area (Å²) in [5.41, 5.74) is 5.61. The SMILES string of the molecule is NC1C(=O)N(CC(=O)O)C1C=Cc1ccco1. The van der Waals surface area contributed by atoms with Gasteiger partial charge >= 0.3 is 5.97 Å². The lowest BCUT2D eigenvalue weighted by atomic mass is 9.95. The first-order valence-corrected chi connectivity index (χ1v) is 5.09. The van der Waals surface area contributed by atoms with E-state index in [4.69, 9.17) is 15.3 Å². The Labute approximate surface area is 97.3 Å². The molecule has 2 heterocycles. The van der Waals surface area contributed by atoms with Crippen molar-refractivity contribution in [2.45, 2.75) is 12.1 Å². The largest absolute Gasteiger partial charge is 0.480 e. The number of β-lactam (4-membered cyclic amide) rings is 1. The number of carboxylic acids is 1. The van der Waals surface area contributed by atoms with E-state index in [2.05, 4.69) is 0 Å². The van der Waals surface area contributed by atoms with E-state index in [-0.39, 0.29) is 18.5 Å². The summed E-state index contributed by atoms with van der Waals surface area (Å²) in [5, 5.41) is 8.65. The van der Waals surface area contributed by atoms with E-state index >= 15 is 0 Å². The van der Waals surface area contributed by atoms with Crippen LogP contribution < -0.4 is 5.73 Å². The molecule has 1 aliphatic heterocycles. The van der Waals surface area contributed by atoms with Gasteiger partial charge in [-0.15, -0.1) is 0 Å². The molecular formula is C11H12N2O4. The number of carboxylic acid groups (broad SMARTS) is 1. The fourth-order valence-electron chi connectivity index (χ4n) is 1.73. The number of carbonyl (C=O) groups excluding carboxylic acids is 1. The van der Waals surface area contributed by atoms with E-state index in [9.17, 15) is 9.59 Å². The number of carbonyl (C=O) groups is 2. The predicted molar refractivity (Wildman–Crippen MR) is 58.9 cm³/mol. The number of amides is 1. The summed E-state index contributed by atoms with van der Waals surface area (Å²) < 4.78 is 5.08. The van der Waals surface area contributed by atoms with Crippen LogP contribution in [0.2, 0.25) is 0 Å². The lowest BCUT2D eigenvalue weighted by Crippen LogP contribution is -2.68. The molecule has 2 atom stereocenters. The first-order chi connectivity index (χ1) is 8.09. The fourth-order valence-corrected chi connectivity index (χ4v) is 1.73. The molecule has 2 rings (SSSR count). The minimum Gasteiger partial charge on any atom is -0.480 e. The second kappa shape index (κ2) is 4.42. The highest BCUT2D eigenvalue weighted by atomic mass is 16.4. The molecule has 0 radical (unpaired) electrons. The molecule has 0 aliphatic carbocycles. The number of nitrogens with two attached hydrogens (primary N) is 1. The first kappa shape index (κ1) is 11.4. The number of rotatable bonds is 4. The van der Waals surface area contributed by atoms with Gasteiger partial charge in [0.2, 0.25) is 5.91 Å². The molecule has 0 saturated carbocycles. The van der Waals surface area contributed by atoms with Crippen LogP contribution in [-0.2, 0) is 9.59 Å². The minimum absolute atomic E-state index is 0.334. The lowest BCUT2D eigenvalue weighted by molar-refractivity contribution is -0.154. The Bertz CT molecular complexity index is 452. The standard InChI is InChI=1S/C11H12N2O4/c12-10-8(4-3-7-2-1-5-17-7)13(11(10)16)6-9(14)15/h1-5,8,10H,6,12H2,(H,14,15). The second-order valence-corrected chi connectivity index (χ2v) is 3.75. The molecule has 0 spiro atoms. The van der Waals surface area contributed by atoms with Crippen LogP contribution >= 0.6 is 0 Å². The van der Waals surface area contributed by atoms with Gasteiger partial charge < -0.3 is 20.2 Å². The van der Waals surface area contributed by atoms with Crippen molar-refractivity contribution in [3.63, 3.8) is 0 Å². The van der Waals surface area contributed by atoms with Crippen LogP contribution in [0.25, 0.3) is 6.08 Å². The Morgan fingerprint density at radius 2 is 2.41 bits per heavy atom. The lowest BCUT2D eigenvalue weighted by Gasteiger charge is -2.42. The Hall–Kier alpha value is -2.08. The van der Waals surface area contributed by atoms with Crippen LogP contribution in [0.4, 0.5) is 0 Å². The molecule has 1 aliphatic rings. The molecule has 1 fully saturated rings. The normalized spacial score (nSPS) is 24.1. The Morgan fingerprint density at radius 3 is 3.00 bits per heavy atom. The first-order valence-electron chi connectivity index (χ1n) is 5.09. The maximum Gasteiger partial charge on any atom is 0.323 e. The van der Waals surface area contributed by atoms with E-state index in [1.54, 1.807) is 24.3 Å². The predicted octanol–water partition coefficient (Wildman–Crippen LogP) is -0.0845. The second-order valence-electron chi connectivity index (χ2n) is 3.75. The highest BCUT2D eigenvalue weighted by Crippen LogP contribution is 2.20. The summed E-state index contributed by atoms with van der Waals surface area (Å²) in [6.45, 7) is -0.334. The molecule has 2 unspecified atom stereocenters. The van der Waals surface area contributed by atoms with Crippen molar-refractivity contribution in [1.82, 2.24) is 4.90 Å². The van der Waals surface area contributed by atoms with Crippen molar-refractivity contribution in [3.05, 3.63) is 30.2 Å². The van der Waals surface area contributed by atoms with E-state index < -0.39 is 12.0 Å². The van der Waals surface area contributed by atoms with Gasteiger partial charge in [0.25, 0.3) is 0 Å². The third kappa shape index (κ3) is 2.21. The maximum absolute atomic E-state index is 11.3. The zero-order valence-electron chi connectivity index (χ0n) is 8.95. The van der Waals surface area contributed by atoms with Crippen molar-refractivity contribution in [1.29, 1.82) is 0 Å². The zero-order valence-corrected chi connectivity index (χ0v) is 8.95. The summed E-state index contributed by atoms with van der Waals surface area (Å²) in [5.74, 6) is -0.769. The fraction of sp³-hybridized carbons (Fsp3) is 0.273. The van der Waals surface area contributed by atoms with Crippen LogP contribution in [0.15, 0.2) is 28.9 Å². The topological polar surface area (TPSA) is 96.8 Å². The van der Waals surface area contributed by atoms with Crippen molar-refractivity contribution < 1.29 is 19.1 Å². The van der Waals surface area contributed by atoms with Crippen molar-refractivity contribution in [2.24, 2.45) is 5.73 Å². The van der Waals surface area contributed by atoms with E-state index in [0.717, 1.165) is 0 Å². The zero-order chi connectivity index (χ0) is 12.4. The molecule has 6 heteroatoms. The van der Waals surface area contributed by atoms with Gasteiger partial charge in [-0.2, -0.15) is 0 Å². The number of furan rings is 1. The molecule has 1 aromatic rings. The van der Waals surface area contributed by atoms with Gasteiger partial charge in [0, 0.05) is 0 Å². The number of hydrogen-bond donors (Lipinski definition) is 2. The molecule has 1 amide bonds. The molecular weight excluding hydrogens is 224 g/mol.